The van der Waals surface area contributed by atoms with Crippen LogP contribution < -0.4 is 0 Å². The Balaban J connectivity index is 1.64. The number of rotatable bonds is 4. The number of aromatic nitrogens is 2. The van der Waals surface area contributed by atoms with Gasteiger partial charge in [0.05, 0.1) is 17.7 Å². The number of benzene rings is 1. The number of hydrogen-bond acceptors (Lipinski definition) is 9. The molecule has 5 rings (SSSR count). The quantitative estimate of drug-likeness (QED) is 0.452. The van der Waals surface area contributed by atoms with E-state index >= 15 is 0 Å². The molecule has 170 valence electrons. The van der Waals surface area contributed by atoms with Gasteiger partial charge in [-0.15, -0.1) is 0 Å². The fraction of sp³-hybridized carbons (Fsp3) is 0.375. The van der Waals surface area contributed by atoms with Gasteiger partial charge in [-0.2, -0.15) is 5.26 Å². The van der Waals surface area contributed by atoms with E-state index in [1.807, 2.05) is 30.3 Å². The average Bonchev–Trinajstić information content (AvgIpc) is 3.31. The first-order chi connectivity index (χ1) is 16.0. The number of thioether (sulfide) groups is 1. The van der Waals surface area contributed by atoms with Gasteiger partial charge in [-0.1, -0.05) is 30.0 Å². The molecule has 1 aliphatic heterocycles. The van der Waals surface area contributed by atoms with Gasteiger partial charge in [-0.25, -0.2) is 4.98 Å². The zero-order valence-corrected chi connectivity index (χ0v) is 18.4. The van der Waals surface area contributed by atoms with Crippen molar-refractivity contribution in [3.8, 4) is 17.2 Å². The van der Waals surface area contributed by atoms with Crippen molar-refractivity contribution in [2.24, 2.45) is 0 Å². The van der Waals surface area contributed by atoms with Crippen LogP contribution in [-0.2, 0) is 17.6 Å². The lowest BCUT2D eigenvalue weighted by molar-refractivity contribution is -0.205. The van der Waals surface area contributed by atoms with Crippen LogP contribution in [-0.4, -0.2) is 66.9 Å². The molecular weight excluding hydrogens is 442 g/mol. The molecule has 2 aliphatic rings. The minimum atomic E-state index is -1.49. The van der Waals surface area contributed by atoms with Gasteiger partial charge in [0.15, 0.2) is 0 Å². The predicted molar refractivity (Wildman–Crippen MR) is 121 cm³/mol. The van der Waals surface area contributed by atoms with Crippen molar-refractivity contribution in [3.63, 3.8) is 0 Å². The van der Waals surface area contributed by atoms with Crippen LogP contribution in [0.2, 0.25) is 0 Å². The summed E-state index contributed by atoms with van der Waals surface area (Å²) in [6, 6.07) is 12.0. The van der Waals surface area contributed by atoms with Gasteiger partial charge < -0.3 is 25.2 Å². The van der Waals surface area contributed by atoms with E-state index in [4.69, 9.17) is 9.72 Å². The van der Waals surface area contributed by atoms with Crippen molar-refractivity contribution in [1.29, 1.82) is 5.26 Å². The van der Waals surface area contributed by atoms with Crippen LogP contribution in [0.15, 0.2) is 41.6 Å². The van der Waals surface area contributed by atoms with Crippen LogP contribution in [0.1, 0.15) is 23.2 Å². The predicted octanol–water partition coefficient (Wildman–Crippen LogP) is 1.55. The van der Waals surface area contributed by atoms with Crippen LogP contribution in [0.3, 0.4) is 0 Å². The molecule has 1 saturated heterocycles. The molecule has 33 heavy (non-hydrogen) atoms. The van der Waals surface area contributed by atoms with E-state index in [1.165, 1.54) is 0 Å². The highest BCUT2D eigenvalue weighted by Crippen LogP contribution is 2.43. The summed E-state index contributed by atoms with van der Waals surface area (Å²) in [5.41, 5.74) is 3.83. The standard InChI is InChI=1S/C24H23N3O5S/c25-10-15-19(13-8-9-26-16-6-2-1-4-12(13)16)14-5-3-7-17(14)27-23(15)33-24-22(31)21(30)20(29)18(11-28)32-24/h1-2,4,6,8-9,18,20-22,24,28-31H,3,5,7,11H2/t18-,20+,21+,22-,24+/m1/s1. The maximum absolute atomic E-state index is 10.5. The highest BCUT2D eigenvalue weighted by Gasteiger charge is 2.44. The molecule has 4 N–H and O–H groups in total. The third-order valence-corrected chi connectivity index (χ3v) is 7.44. The lowest BCUT2D eigenvalue weighted by atomic mass is 9.93. The average molecular weight is 466 g/mol. The van der Waals surface area contributed by atoms with E-state index in [2.05, 4.69) is 11.1 Å². The van der Waals surface area contributed by atoms with E-state index in [9.17, 15) is 25.7 Å². The smallest absolute Gasteiger partial charge is 0.138 e. The van der Waals surface area contributed by atoms with Gasteiger partial charge in [-0.3, -0.25) is 4.98 Å². The van der Waals surface area contributed by atoms with E-state index in [0.717, 1.165) is 64.3 Å². The fourth-order valence-electron chi connectivity index (χ4n) is 4.63. The third kappa shape index (κ3) is 3.79. The molecule has 0 bridgehead atoms. The number of ether oxygens (including phenoxy) is 1. The Morgan fingerprint density at radius 3 is 2.70 bits per heavy atom. The second-order valence-electron chi connectivity index (χ2n) is 8.25. The number of nitrogens with zero attached hydrogens (tertiary/aromatic N) is 3. The Hall–Kier alpha value is -2.58. The van der Waals surface area contributed by atoms with E-state index < -0.39 is 36.5 Å². The molecule has 8 nitrogen and oxygen atoms in total. The zero-order chi connectivity index (χ0) is 23.1. The van der Waals surface area contributed by atoms with E-state index in [1.54, 1.807) is 6.20 Å². The second kappa shape index (κ2) is 8.99. The first-order valence-corrected chi connectivity index (χ1v) is 11.7. The highest BCUT2D eigenvalue weighted by molar-refractivity contribution is 7.99. The lowest BCUT2D eigenvalue weighted by Crippen LogP contribution is -2.57. The number of nitriles is 1. The molecule has 0 saturated carbocycles. The molecule has 0 radical (unpaired) electrons. The first-order valence-electron chi connectivity index (χ1n) is 10.8. The van der Waals surface area contributed by atoms with Gasteiger partial charge in [0.1, 0.15) is 40.9 Å². The third-order valence-electron chi connectivity index (χ3n) is 6.30. The van der Waals surface area contributed by atoms with Crippen LogP contribution in [0.4, 0.5) is 0 Å². The summed E-state index contributed by atoms with van der Waals surface area (Å²) in [5, 5.41) is 51.8. The lowest BCUT2D eigenvalue weighted by Gasteiger charge is -2.39. The van der Waals surface area contributed by atoms with Gasteiger partial charge in [-0.05, 0) is 42.5 Å². The topological polar surface area (TPSA) is 140 Å². The monoisotopic (exact) mass is 465 g/mol. The van der Waals surface area contributed by atoms with Gasteiger partial charge in [0, 0.05) is 22.8 Å². The SMILES string of the molecule is N#Cc1c(S[C@@H]2O[C@H](CO)[C@H](O)[C@H](O)[C@H]2O)nc2c(c1-c1ccnc3ccccc13)CCC2. The maximum atomic E-state index is 10.5. The largest absolute Gasteiger partial charge is 0.394 e. The van der Waals surface area contributed by atoms with Crippen molar-refractivity contribution < 1.29 is 25.2 Å². The highest BCUT2D eigenvalue weighted by atomic mass is 32.2. The van der Waals surface area contributed by atoms with Crippen molar-refractivity contribution in [2.45, 2.75) is 54.1 Å². The van der Waals surface area contributed by atoms with Crippen LogP contribution >= 0.6 is 11.8 Å². The molecule has 3 heterocycles. The van der Waals surface area contributed by atoms with Gasteiger partial charge >= 0.3 is 0 Å². The molecule has 5 atom stereocenters. The number of hydrogen-bond donors (Lipinski definition) is 4. The fourth-order valence-corrected chi connectivity index (χ4v) is 5.78. The number of aliphatic hydroxyl groups excluding tert-OH is 4. The number of pyridine rings is 2. The molecule has 0 spiro atoms. The Kier molecular flexibility index (Phi) is 6.05. The molecule has 0 amide bonds. The minimum absolute atomic E-state index is 0.369. The molecule has 9 heteroatoms. The first kappa shape index (κ1) is 22.2. The number of fused-ring (bicyclic) bond motifs is 2. The molecule has 0 unspecified atom stereocenters. The Morgan fingerprint density at radius 1 is 1.09 bits per heavy atom. The van der Waals surface area contributed by atoms with E-state index in [-0.39, 0.29) is 0 Å². The minimum Gasteiger partial charge on any atom is -0.394 e. The summed E-state index contributed by atoms with van der Waals surface area (Å²) in [7, 11) is 0. The summed E-state index contributed by atoms with van der Waals surface area (Å²) in [6.45, 7) is -0.515. The van der Waals surface area contributed by atoms with E-state index in [0.29, 0.717) is 10.6 Å². The van der Waals surface area contributed by atoms with Gasteiger partial charge in [0.25, 0.3) is 0 Å². The Bertz CT molecular complexity index is 1240. The summed E-state index contributed by atoms with van der Waals surface area (Å²) >= 11 is 1.03. The second-order valence-corrected chi connectivity index (χ2v) is 9.34. The number of aryl methyl sites for hydroxylation is 1. The Morgan fingerprint density at radius 2 is 1.91 bits per heavy atom. The molecule has 1 aromatic carbocycles. The summed E-state index contributed by atoms with van der Waals surface area (Å²) in [6.07, 6.45) is -1.12. The molecule has 1 fully saturated rings. The number of aliphatic hydroxyl groups is 4. The normalized spacial score (nSPS) is 26.8. The zero-order valence-electron chi connectivity index (χ0n) is 17.6. The van der Waals surface area contributed by atoms with Crippen molar-refractivity contribution in [1.82, 2.24) is 9.97 Å². The summed E-state index contributed by atoms with van der Waals surface area (Å²) < 4.78 is 5.66. The maximum Gasteiger partial charge on any atom is 0.138 e. The molecular formula is C24H23N3O5S. The molecule has 1 aliphatic carbocycles. The molecule has 3 aromatic rings. The summed E-state index contributed by atoms with van der Waals surface area (Å²) in [4.78, 5) is 9.18. The van der Waals surface area contributed by atoms with Crippen LogP contribution in [0.25, 0.3) is 22.0 Å². The molecule has 2 aromatic heterocycles. The van der Waals surface area contributed by atoms with Crippen LogP contribution in [0.5, 0.6) is 0 Å². The van der Waals surface area contributed by atoms with Crippen molar-refractivity contribution in [3.05, 3.63) is 53.3 Å². The van der Waals surface area contributed by atoms with Gasteiger partial charge in [0.2, 0.25) is 0 Å². The summed E-state index contributed by atoms with van der Waals surface area (Å²) in [5.74, 6) is 0. The Labute approximate surface area is 194 Å². The number of para-hydroxylation sites is 1. The van der Waals surface area contributed by atoms with Crippen molar-refractivity contribution in [2.75, 3.05) is 6.61 Å². The van der Waals surface area contributed by atoms with Crippen LogP contribution in [0, 0.1) is 11.3 Å². The van der Waals surface area contributed by atoms with Crippen molar-refractivity contribution >= 4 is 22.7 Å².